The largest absolute Gasteiger partial charge is 0.389 e. The van der Waals surface area contributed by atoms with Crippen LogP contribution in [0.2, 0.25) is 0 Å². The zero-order valence-electron chi connectivity index (χ0n) is 10.6. The molecule has 2 aliphatic rings. The second-order valence-corrected chi connectivity index (χ2v) is 4.99. The number of aliphatic hydroxyl groups excluding tert-OH is 2. The molecule has 2 aliphatic heterocycles. The number of aliphatic hydroxyl groups is 2. The number of amides is 1. The average Bonchev–Trinajstić information content (AvgIpc) is 2.69. The predicted octanol–water partition coefficient (Wildman–Crippen LogP) is -1.34. The lowest BCUT2D eigenvalue weighted by atomic mass is 10.2. The van der Waals surface area contributed by atoms with Crippen LogP contribution in [0.25, 0.3) is 0 Å². The number of hydrogen-bond acceptors (Lipinski definition) is 5. The number of β-amino-alcohol motifs (C(OH)–C–C–N with tert-alkyl or cyclic N) is 2. The van der Waals surface area contributed by atoms with Crippen LogP contribution >= 0.6 is 0 Å². The fourth-order valence-electron chi connectivity index (χ4n) is 2.45. The van der Waals surface area contributed by atoms with Crippen LogP contribution in [0.1, 0.15) is 12.8 Å². The third kappa shape index (κ3) is 3.65. The Morgan fingerprint density at radius 3 is 2.39 bits per heavy atom. The molecule has 2 atom stereocenters. The van der Waals surface area contributed by atoms with Crippen LogP contribution in [0.5, 0.6) is 0 Å². The maximum Gasteiger partial charge on any atom is 0.222 e. The Morgan fingerprint density at radius 1 is 1.17 bits per heavy atom. The standard InChI is InChI=1S/C12H22N2O4/c15-10-8-13(9-11(10)16)3-1-2-12(17)14-4-6-18-7-5-14/h10-11,15-16H,1-9H2. The molecule has 2 unspecified atom stereocenters. The van der Waals surface area contributed by atoms with E-state index in [-0.39, 0.29) is 5.91 Å². The lowest BCUT2D eigenvalue weighted by Gasteiger charge is -2.27. The quantitative estimate of drug-likeness (QED) is 0.653. The van der Waals surface area contributed by atoms with E-state index in [1.54, 1.807) is 0 Å². The van der Waals surface area contributed by atoms with Gasteiger partial charge in [-0.2, -0.15) is 0 Å². The second-order valence-electron chi connectivity index (χ2n) is 4.99. The Kier molecular flexibility index (Phi) is 4.94. The molecule has 0 bridgehead atoms. The highest BCUT2D eigenvalue weighted by Crippen LogP contribution is 2.11. The minimum Gasteiger partial charge on any atom is -0.389 e. The van der Waals surface area contributed by atoms with Gasteiger partial charge in [-0.05, 0) is 13.0 Å². The number of rotatable bonds is 4. The summed E-state index contributed by atoms with van der Waals surface area (Å²) in [5, 5.41) is 18.8. The van der Waals surface area contributed by atoms with E-state index in [1.807, 2.05) is 9.80 Å². The third-order valence-corrected chi connectivity index (χ3v) is 3.56. The number of carbonyl (C=O) groups excluding carboxylic acids is 1. The van der Waals surface area contributed by atoms with Crippen molar-refractivity contribution in [2.75, 3.05) is 45.9 Å². The monoisotopic (exact) mass is 258 g/mol. The van der Waals surface area contributed by atoms with Crippen LogP contribution in [0, 0.1) is 0 Å². The highest BCUT2D eigenvalue weighted by molar-refractivity contribution is 5.76. The van der Waals surface area contributed by atoms with E-state index >= 15 is 0 Å². The van der Waals surface area contributed by atoms with Crippen molar-refractivity contribution in [2.24, 2.45) is 0 Å². The highest BCUT2D eigenvalue weighted by atomic mass is 16.5. The Labute approximate surface area is 107 Å². The van der Waals surface area contributed by atoms with Gasteiger partial charge in [0, 0.05) is 32.6 Å². The number of likely N-dealkylation sites (tertiary alicyclic amines) is 1. The maximum atomic E-state index is 11.9. The maximum absolute atomic E-state index is 11.9. The number of carbonyl (C=O) groups is 1. The highest BCUT2D eigenvalue weighted by Gasteiger charge is 2.29. The topological polar surface area (TPSA) is 73.2 Å². The predicted molar refractivity (Wildman–Crippen MR) is 65.1 cm³/mol. The molecule has 2 rings (SSSR count). The van der Waals surface area contributed by atoms with Gasteiger partial charge in [-0.25, -0.2) is 0 Å². The SMILES string of the molecule is O=C(CCCN1CC(O)C(O)C1)N1CCOCC1. The molecule has 0 aliphatic carbocycles. The van der Waals surface area contributed by atoms with E-state index in [4.69, 9.17) is 4.74 Å². The Balaban J connectivity index is 1.61. The van der Waals surface area contributed by atoms with E-state index in [2.05, 4.69) is 0 Å². The molecule has 0 aromatic heterocycles. The van der Waals surface area contributed by atoms with E-state index in [0.717, 1.165) is 13.0 Å². The molecule has 2 saturated heterocycles. The molecular formula is C12H22N2O4. The summed E-state index contributed by atoms with van der Waals surface area (Å²) in [6.45, 7) is 4.43. The van der Waals surface area contributed by atoms with Crippen LogP contribution in [0.15, 0.2) is 0 Å². The van der Waals surface area contributed by atoms with Gasteiger partial charge in [-0.1, -0.05) is 0 Å². The Morgan fingerprint density at radius 2 is 1.78 bits per heavy atom. The van der Waals surface area contributed by atoms with Crippen LogP contribution < -0.4 is 0 Å². The van der Waals surface area contributed by atoms with Gasteiger partial charge in [0.2, 0.25) is 5.91 Å². The average molecular weight is 258 g/mol. The molecule has 1 amide bonds. The molecule has 6 nitrogen and oxygen atoms in total. The van der Waals surface area contributed by atoms with E-state index < -0.39 is 12.2 Å². The Bertz CT molecular complexity index is 271. The van der Waals surface area contributed by atoms with E-state index in [0.29, 0.717) is 45.8 Å². The first-order valence-corrected chi connectivity index (χ1v) is 6.61. The van der Waals surface area contributed by atoms with Crippen LogP contribution in [0.3, 0.4) is 0 Å². The van der Waals surface area contributed by atoms with Crippen molar-refractivity contribution in [3.8, 4) is 0 Å². The number of morpholine rings is 1. The molecule has 0 aromatic rings. The summed E-state index contributed by atoms with van der Waals surface area (Å²) in [6, 6.07) is 0. The number of nitrogens with zero attached hydrogens (tertiary/aromatic N) is 2. The summed E-state index contributed by atoms with van der Waals surface area (Å²) >= 11 is 0. The van der Waals surface area contributed by atoms with Gasteiger partial charge in [0.15, 0.2) is 0 Å². The van der Waals surface area contributed by atoms with Gasteiger partial charge in [0.05, 0.1) is 25.4 Å². The third-order valence-electron chi connectivity index (χ3n) is 3.56. The summed E-state index contributed by atoms with van der Waals surface area (Å²) in [4.78, 5) is 15.7. The molecular weight excluding hydrogens is 236 g/mol. The minimum absolute atomic E-state index is 0.179. The molecule has 2 fully saturated rings. The van der Waals surface area contributed by atoms with Gasteiger partial charge in [0.1, 0.15) is 0 Å². The van der Waals surface area contributed by atoms with Crippen molar-refractivity contribution in [3.05, 3.63) is 0 Å². The van der Waals surface area contributed by atoms with Crippen molar-refractivity contribution >= 4 is 5.91 Å². The smallest absolute Gasteiger partial charge is 0.222 e. The molecule has 0 saturated carbocycles. The lowest BCUT2D eigenvalue weighted by Crippen LogP contribution is -2.40. The molecule has 6 heteroatoms. The molecule has 18 heavy (non-hydrogen) atoms. The molecule has 0 spiro atoms. The summed E-state index contributed by atoms with van der Waals surface area (Å²) < 4.78 is 5.20. The number of ether oxygens (including phenoxy) is 1. The van der Waals surface area contributed by atoms with E-state index in [1.165, 1.54) is 0 Å². The normalized spacial score (nSPS) is 29.8. The van der Waals surface area contributed by atoms with Gasteiger partial charge < -0.3 is 19.8 Å². The molecule has 104 valence electrons. The first-order chi connectivity index (χ1) is 8.66. The molecule has 0 radical (unpaired) electrons. The zero-order valence-corrected chi connectivity index (χ0v) is 10.6. The van der Waals surface area contributed by atoms with Crippen molar-refractivity contribution < 1.29 is 19.7 Å². The summed E-state index contributed by atoms with van der Waals surface area (Å²) in [6.07, 6.45) is 0.0260. The van der Waals surface area contributed by atoms with E-state index in [9.17, 15) is 15.0 Å². The lowest BCUT2D eigenvalue weighted by molar-refractivity contribution is -0.135. The summed E-state index contributed by atoms with van der Waals surface area (Å²) in [5.74, 6) is 0.179. The van der Waals surface area contributed by atoms with Crippen molar-refractivity contribution in [1.29, 1.82) is 0 Å². The molecule has 2 N–H and O–H groups in total. The van der Waals surface area contributed by atoms with Gasteiger partial charge in [0.25, 0.3) is 0 Å². The molecule has 2 heterocycles. The van der Waals surface area contributed by atoms with Gasteiger partial charge >= 0.3 is 0 Å². The van der Waals surface area contributed by atoms with Crippen LogP contribution in [-0.4, -0.2) is 84.1 Å². The van der Waals surface area contributed by atoms with Gasteiger partial charge in [-0.15, -0.1) is 0 Å². The minimum atomic E-state index is -0.639. The fraction of sp³-hybridized carbons (Fsp3) is 0.917. The first kappa shape index (κ1) is 13.7. The summed E-state index contributed by atoms with van der Waals surface area (Å²) in [7, 11) is 0. The Hall–Kier alpha value is -0.690. The summed E-state index contributed by atoms with van der Waals surface area (Å²) in [5.41, 5.74) is 0. The zero-order chi connectivity index (χ0) is 13.0. The first-order valence-electron chi connectivity index (χ1n) is 6.61. The van der Waals surface area contributed by atoms with Crippen molar-refractivity contribution in [3.63, 3.8) is 0 Å². The second kappa shape index (κ2) is 6.47. The van der Waals surface area contributed by atoms with Crippen LogP contribution in [0.4, 0.5) is 0 Å². The van der Waals surface area contributed by atoms with Crippen molar-refractivity contribution in [1.82, 2.24) is 9.80 Å². The van der Waals surface area contributed by atoms with Crippen molar-refractivity contribution in [2.45, 2.75) is 25.0 Å². The molecule has 0 aromatic carbocycles. The number of hydrogen-bond donors (Lipinski definition) is 2. The van der Waals surface area contributed by atoms with Crippen LogP contribution in [-0.2, 0) is 9.53 Å². The fourth-order valence-corrected chi connectivity index (χ4v) is 2.45. The van der Waals surface area contributed by atoms with Gasteiger partial charge in [-0.3, -0.25) is 9.69 Å².